The van der Waals surface area contributed by atoms with Gasteiger partial charge in [0, 0.05) is 17.7 Å². The van der Waals surface area contributed by atoms with Crippen molar-refractivity contribution in [1.82, 2.24) is 9.36 Å². The van der Waals surface area contributed by atoms with E-state index in [1.54, 1.807) is 12.1 Å². The highest BCUT2D eigenvalue weighted by Gasteiger charge is 2.05. The van der Waals surface area contributed by atoms with Gasteiger partial charge in [0.25, 0.3) is 0 Å². The SMILES string of the molecule is OCCC#Cc1ccc(CSc2ncns2)c(F)c1. The third-order valence-electron chi connectivity index (χ3n) is 2.21. The molecule has 98 valence electrons. The highest BCUT2D eigenvalue weighted by molar-refractivity contribution is 8.00. The van der Waals surface area contributed by atoms with Crippen LogP contribution < -0.4 is 0 Å². The molecule has 19 heavy (non-hydrogen) atoms. The fourth-order valence-corrected chi connectivity index (χ4v) is 2.76. The van der Waals surface area contributed by atoms with E-state index in [0.717, 1.165) is 4.34 Å². The molecule has 6 heteroatoms. The second-order valence-corrected chi connectivity index (χ2v) is 5.58. The summed E-state index contributed by atoms with van der Waals surface area (Å²) in [4.78, 5) is 4.03. The minimum absolute atomic E-state index is 0.0199. The Hall–Kier alpha value is -1.42. The summed E-state index contributed by atoms with van der Waals surface area (Å²) in [5, 5.41) is 8.61. The molecule has 0 aliphatic heterocycles. The van der Waals surface area contributed by atoms with Crippen molar-refractivity contribution in [2.45, 2.75) is 16.5 Å². The van der Waals surface area contributed by atoms with E-state index in [1.807, 2.05) is 0 Å². The summed E-state index contributed by atoms with van der Waals surface area (Å²) in [5.74, 6) is 5.82. The van der Waals surface area contributed by atoms with E-state index in [1.165, 1.54) is 35.7 Å². The van der Waals surface area contributed by atoms with E-state index >= 15 is 0 Å². The Balaban J connectivity index is 2.01. The highest BCUT2D eigenvalue weighted by Crippen LogP contribution is 2.24. The molecule has 3 nitrogen and oxygen atoms in total. The van der Waals surface area contributed by atoms with Gasteiger partial charge in [-0.3, -0.25) is 0 Å². The van der Waals surface area contributed by atoms with Crippen molar-refractivity contribution in [2.24, 2.45) is 0 Å². The molecule has 0 unspecified atom stereocenters. The first-order valence-electron chi connectivity index (χ1n) is 5.57. The van der Waals surface area contributed by atoms with Gasteiger partial charge in [-0.15, -0.1) is 0 Å². The van der Waals surface area contributed by atoms with E-state index < -0.39 is 0 Å². The monoisotopic (exact) mass is 294 g/mol. The van der Waals surface area contributed by atoms with E-state index in [-0.39, 0.29) is 12.4 Å². The molecule has 1 N–H and O–H groups in total. The fourth-order valence-electron chi connectivity index (χ4n) is 1.33. The molecule has 1 aromatic carbocycles. The largest absolute Gasteiger partial charge is 0.395 e. The number of halogens is 1. The lowest BCUT2D eigenvalue weighted by atomic mass is 10.1. The quantitative estimate of drug-likeness (QED) is 0.695. The second-order valence-electron chi connectivity index (χ2n) is 3.58. The van der Waals surface area contributed by atoms with Crippen molar-refractivity contribution in [2.75, 3.05) is 6.61 Å². The molecule has 0 saturated carbocycles. The molecule has 0 saturated heterocycles. The van der Waals surface area contributed by atoms with E-state index in [2.05, 4.69) is 21.2 Å². The molecule has 0 radical (unpaired) electrons. The van der Waals surface area contributed by atoms with Crippen LogP contribution in [0.25, 0.3) is 0 Å². The standard InChI is InChI=1S/C13H11FN2OS2/c14-12-7-10(3-1-2-6-17)4-5-11(12)8-18-13-15-9-16-19-13/h4-5,7,9,17H,2,6,8H2. The van der Waals surface area contributed by atoms with Crippen LogP contribution in [0.5, 0.6) is 0 Å². The zero-order valence-corrected chi connectivity index (χ0v) is 11.6. The molecule has 0 aliphatic carbocycles. The summed E-state index contributed by atoms with van der Waals surface area (Å²) in [5.41, 5.74) is 1.24. The number of aliphatic hydroxyl groups is 1. The average molecular weight is 294 g/mol. The van der Waals surface area contributed by atoms with Gasteiger partial charge in [0.05, 0.1) is 6.61 Å². The first-order chi connectivity index (χ1) is 9.29. The number of aromatic nitrogens is 2. The third-order valence-corrected chi connectivity index (χ3v) is 4.06. The fraction of sp³-hybridized carbons (Fsp3) is 0.231. The molecule has 0 amide bonds. The van der Waals surface area contributed by atoms with E-state index in [9.17, 15) is 4.39 Å². The first-order valence-corrected chi connectivity index (χ1v) is 7.33. The predicted molar refractivity (Wildman–Crippen MR) is 74.5 cm³/mol. The molecule has 2 rings (SSSR count). The lowest BCUT2D eigenvalue weighted by Gasteiger charge is -2.01. The zero-order chi connectivity index (χ0) is 13.5. The molecule has 1 aromatic heterocycles. The molecule has 2 aromatic rings. The molecule has 0 spiro atoms. The average Bonchev–Trinajstić information content (AvgIpc) is 2.91. The van der Waals surface area contributed by atoms with Gasteiger partial charge in [-0.1, -0.05) is 29.7 Å². The van der Waals surface area contributed by atoms with Gasteiger partial charge in [-0.05, 0) is 29.2 Å². The maximum atomic E-state index is 13.8. The van der Waals surface area contributed by atoms with Crippen molar-refractivity contribution in [1.29, 1.82) is 0 Å². The van der Waals surface area contributed by atoms with Crippen molar-refractivity contribution in [3.63, 3.8) is 0 Å². The number of rotatable bonds is 4. The topological polar surface area (TPSA) is 46.0 Å². The van der Waals surface area contributed by atoms with Gasteiger partial charge in [0.2, 0.25) is 0 Å². The van der Waals surface area contributed by atoms with Crippen LogP contribution in [-0.4, -0.2) is 21.1 Å². The Morgan fingerprint density at radius 2 is 2.32 bits per heavy atom. The van der Waals surface area contributed by atoms with Crippen LogP contribution in [0.3, 0.4) is 0 Å². The van der Waals surface area contributed by atoms with Crippen LogP contribution in [-0.2, 0) is 5.75 Å². The molecule has 0 bridgehead atoms. The van der Waals surface area contributed by atoms with Crippen LogP contribution in [0.2, 0.25) is 0 Å². The van der Waals surface area contributed by atoms with Crippen LogP contribution in [0.15, 0.2) is 28.9 Å². The molecular weight excluding hydrogens is 283 g/mol. The molecular formula is C13H11FN2OS2. The lowest BCUT2D eigenvalue weighted by molar-refractivity contribution is 0.305. The number of hydrogen-bond donors (Lipinski definition) is 1. The highest BCUT2D eigenvalue weighted by atomic mass is 32.2. The Morgan fingerprint density at radius 3 is 3.00 bits per heavy atom. The Bertz CT molecular complexity index is 590. The van der Waals surface area contributed by atoms with E-state index in [4.69, 9.17) is 5.11 Å². The first kappa shape index (κ1) is 14.0. The summed E-state index contributed by atoms with van der Waals surface area (Å²) < 4.78 is 18.5. The van der Waals surface area contributed by atoms with Crippen molar-refractivity contribution in [3.05, 3.63) is 41.5 Å². The van der Waals surface area contributed by atoms with Gasteiger partial charge in [-0.2, -0.15) is 4.37 Å². The Labute approximate surface area is 119 Å². The number of aliphatic hydroxyl groups excluding tert-OH is 1. The van der Waals surface area contributed by atoms with Gasteiger partial charge < -0.3 is 5.11 Å². The number of nitrogens with zero attached hydrogens (tertiary/aromatic N) is 2. The van der Waals surface area contributed by atoms with Gasteiger partial charge in [0.15, 0.2) is 4.34 Å². The summed E-state index contributed by atoms with van der Waals surface area (Å²) in [7, 11) is 0. The van der Waals surface area contributed by atoms with Crippen LogP contribution in [0.4, 0.5) is 4.39 Å². The second kappa shape index (κ2) is 7.24. The summed E-state index contributed by atoms with van der Waals surface area (Å²) >= 11 is 2.76. The smallest absolute Gasteiger partial charge is 0.170 e. The molecule has 0 aliphatic rings. The van der Waals surface area contributed by atoms with Crippen molar-refractivity contribution < 1.29 is 9.50 Å². The lowest BCUT2D eigenvalue weighted by Crippen LogP contribution is -1.89. The van der Waals surface area contributed by atoms with Gasteiger partial charge in [0.1, 0.15) is 12.1 Å². The minimum atomic E-state index is -0.271. The molecule has 1 heterocycles. The number of thioether (sulfide) groups is 1. The van der Waals surface area contributed by atoms with Crippen LogP contribution in [0, 0.1) is 17.7 Å². The van der Waals surface area contributed by atoms with Crippen molar-refractivity contribution in [3.8, 4) is 11.8 Å². The van der Waals surface area contributed by atoms with Gasteiger partial charge in [-0.25, -0.2) is 9.37 Å². The zero-order valence-electron chi connectivity index (χ0n) is 9.97. The van der Waals surface area contributed by atoms with E-state index in [0.29, 0.717) is 23.3 Å². The predicted octanol–water partition coefficient (Wildman–Crippen LogP) is 2.70. The van der Waals surface area contributed by atoms with Crippen LogP contribution >= 0.6 is 23.3 Å². The third kappa shape index (κ3) is 4.31. The summed E-state index contributed by atoms with van der Waals surface area (Å²) in [6.07, 6.45) is 1.89. The number of hydrogen-bond acceptors (Lipinski definition) is 5. The Morgan fingerprint density at radius 1 is 1.42 bits per heavy atom. The molecule has 0 fully saturated rings. The number of benzene rings is 1. The summed E-state index contributed by atoms with van der Waals surface area (Å²) in [6, 6.07) is 4.93. The maximum absolute atomic E-state index is 13.8. The maximum Gasteiger partial charge on any atom is 0.170 e. The minimum Gasteiger partial charge on any atom is -0.395 e. The van der Waals surface area contributed by atoms with Crippen molar-refractivity contribution >= 4 is 23.3 Å². The van der Waals surface area contributed by atoms with Crippen LogP contribution in [0.1, 0.15) is 17.5 Å². The molecule has 0 atom stereocenters. The van der Waals surface area contributed by atoms with Gasteiger partial charge >= 0.3 is 0 Å². The Kier molecular flexibility index (Phi) is 5.33. The summed E-state index contributed by atoms with van der Waals surface area (Å²) in [6.45, 7) is 0.0199. The normalized spacial score (nSPS) is 10.0.